The van der Waals surface area contributed by atoms with Gasteiger partial charge in [0.05, 0.1) is 19.3 Å². The Bertz CT molecular complexity index is 714. The number of rotatable bonds is 5. The van der Waals surface area contributed by atoms with Gasteiger partial charge in [0.15, 0.2) is 0 Å². The van der Waals surface area contributed by atoms with Crippen LogP contribution in [0.5, 0.6) is 0 Å². The van der Waals surface area contributed by atoms with Gasteiger partial charge in [0.1, 0.15) is 4.90 Å². The molecule has 2 N–H and O–H groups in total. The van der Waals surface area contributed by atoms with E-state index in [-0.39, 0.29) is 24.1 Å². The Morgan fingerprint density at radius 1 is 1.29 bits per heavy atom. The molecule has 1 heterocycles. The van der Waals surface area contributed by atoms with E-state index in [1.165, 1.54) is 28.2 Å². The first-order valence-electron chi connectivity index (χ1n) is 6.81. The zero-order chi connectivity index (χ0) is 14.9. The van der Waals surface area contributed by atoms with E-state index in [9.17, 15) is 8.42 Å². The lowest BCUT2D eigenvalue weighted by Crippen LogP contribution is -2.35. The Kier molecular flexibility index (Phi) is 3.79. The summed E-state index contributed by atoms with van der Waals surface area (Å²) in [6.45, 7) is 0.205. The molecule has 1 aromatic heterocycles. The van der Waals surface area contributed by atoms with Crippen molar-refractivity contribution in [2.45, 2.75) is 30.3 Å². The quantitative estimate of drug-likeness (QED) is 0.833. The number of hydrogen-bond donors (Lipinski definition) is 2. The highest BCUT2D eigenvalue weighted by molar-refractivity contribution is 7.89. The minimum atomic E-state index is -3.57. The number of benzene rings is 1. The fraction of sp³-hybridized carbons (Fsp3) is 0.357. The lowest BCUT2D eigenvalue weighted by molar-refractivity contribution is 0.269. The molecule has 3 rings (SSSR count). The van der Waals surface area contributed by atoms with Gasteiger partial charge in [0.2, 0.25) is 10.0 Å². The molecule has 1 aliphatic carbocycles. The van der Waals surface area contributed by atoms with Crippen LogP contribution in [0.1, 0.15) is 11.1 Å². The summed E-state index contributed by atoms with van der Waals surface area (Å²) in [6, 6.07) is 7.88. The minimum absolute atomic E-state index is 0.0769. The molecule has 0 unspecified atom stereocenters. The average molecular weight is 307 g/mol. The maximum absolute atomic E-state index is 12.3. The van der Waals surface area contributed by atoms with E-state index < -0.39 is 10.0 Å². The third-order valence-corrected chi connectivity index (χ3v) is 5.10. The predicted octanol–water partition coefficient (Wildman–Crippen LogP) is 0.321. The third-order valence-electron chi connectivity index (χ3n) is 3.62. The third kappa shape index (κ3) is 2.99. The first-order chi connectivity index (χ1) is 10.1. The van der Waals surface area contributed by atoms with Crippen LogP contribution in [0.4, 0.5) is 0 Å². The summed E-state index contributed by atoms with van der Waals surface area (Å²) < 4.78 is 28.8. The highest BCUT2D eigenvalue weighted by Crippen LogP contribution is 2.23. The van der Waals surface area contributed by atoms with Crippen LogP contribution in [0.25, 0.3) is 0 Å². The average Bonchev–Trinajstić information content (AvgIpc) is 3.04. The van der Waals surface area contributed by atoms with Gasteiger partial charge >= 0.3 is 0 Å². The summed E-state index contributed by atoms with van der Waals surface area (Å²) in [5, 5.41) is 12.8. The molecule has 0 fully saturated rings. The highest BCUT2D eigenvalue weighted by atomic mass is 32.2. The summed E-state index contributed by atoms with van der Waals surface area (Å²) >= 11 is 0. The predicted molar refractivity (Wildman–Crippen MR) is 77.3 cm³/mol. The van der Waals surface area contributed by atoms with Crippen molar-refractivity contribution in [3.8, 4) is 0 Å². The Hall–Kier alpha value is -1.70. The summed E-state index contributed by atoms with van der Waals surface area (Å²) in [6.07, 6.45) is 4.15. The van der Waals surface area contributed by atoms with Gasteiger partial charge in [-0.15, -0.1) is 0 Å². The van der Waals surface area contributed by atoms with Gasteiger partial charge < -0.3 is 5.11 Å². The number of nitrogens with zero attached hydrogens (tertiary/aromatic N) is 2. The number of nitrogens with one attached hydrogen (secondary N) is 1. The fourth-order valence-electron chi connectivity index (χ4n) is 2.64. The van der Waals surface area contributed by atoms with Crippen molar-refractivity contribution in [2.24, 2.45) is 0 Å². The van der Waals surface area contributed by atoms with Crippen LogP contribution < -0.4 is 4.72 Å². The molecule has 0 aliphatic heterocycles. The van der Waals surface area contributed by atoms with E-state index in [4.69, 9.17) is 5.11 Å². The Morgan fingerprint density at radius 3 is 2.57 bits per heavy atom. The molecule has 1 aromatic carbocycles. The molecular formula is C14H17N3O3S. The molecule has 0 atom stereocenters. The van der Waals surface area contributed by atoms with Crippen LogP contribution in [-0.2, 0) is 29.4 Å². The van der Waals surface area contributed by atoms with E-state index in [1.54, 1.807) is 0 Å². The second kappa shape index (κ2) is 5.59. The lowest BCUT2D eigenvalue weighted by Gasteiger charge is -2.11. The maximum Gasteiger partial charge on any atom is 0.243 e. The first kappa shape index (κ1) is 14.2. The van der Waals surface area contributed by atoms with Gasteiger partial charge in [-0.25, -0.2) is 13.1 Å². The van der Waals surface area contributed by atoms with E-state index in [2.05, 4.69) is 9.82 Å². The number of aliphatic hydroxyl groups excluding tert-OH is 1. The summed E-state index contributed by atoms with van der Waals surface area (Å²) in [5.74, 6) is 0. The largest absolute Gasteiger partial charge is 0.394 e. The van der Waals surface area contributed by atoms with Gasteiger partial charge in [0.25, 0.3) is 0 Å². The number of hydrogen-bond acceptors (Lipinski definition) is 4. The summed E-state index contributed by atoms with van der Waals surface area (Å²) in [4.78, 5) is 0.131. The van der Waals surface area contributed by atoms with Crippen molar-refractivity contribution in [1.29, 1.82) is 0 Å². The van der Waals surface area contributed by atoms with Crippen LogP contribution in [0.3, 0.4) is 0 Å². The van der Waals surface area contributed by atoms with Gasteiger partial charge in [-0.2, -0.15) is 5.10 Å². The zero-order valence-electron chi connectivity index (χ0n) is 11.4. The molecule has 2 aromatic rings. The van der Waals surface area contributed by atoms with Crippen molar-refractivity contribution < 1.29 is 13.5 Å². The highest BCUT2D eigenvalue weighted by Gasteiger charge is 2.26. The van der Waals surface area contributed by atoms with Crippen molar-refractivity contribution in [3.63, 3.8) is 0 Å². The first-order valence-corrected chi connectivity index (χ1v) is 8.29. The van der Waals surface area contributed by atoms with Crippen LogP contribution in [0.15, 0.2) is 41.6 Å². The molecule has 0 radical (unpaired) electrons. The van der Waals surface area contributed by atoms with Gasteiger partial charge in [0, 0.05) is 12.2 Å². The zero-order valence-corrected chi connectivity index (χ0v) is 12.3. The standard InChI is InChI=1S/C14H17N3O3S/c18-6-5-17-10-14(9-15-17)21(19,20)16-13-7-11-3-1-2-4-12(11)8-13/h1-4,9-10,13,16,18H,5-8H2. The fourth-order valence-corrected chi connectivity index (χ4v) is 3.83. The van der Waals surface area contributed by atoms with Crippen LogP contribution >= 0.6 is 0 Å². The second-order valence-corrected chi connectivity index (χ2v) is 6.87. The maximum atomic E-state index is 12.3. The molecule has 0 saturated carbocycles. The van der Waals surface area contributed by atoms with Gasteiger partial charge in [-0.1, -0.05) is 24.3 Å². The number of sulfonamides is 1. The Labute approximate surface area is 123 Å². The van der Waals surface area contributed by atoms with Gasteiger partial charge in [-0.05, 0) is 24.0 Å². The van der Waals surface area contributed by atoms with E-state index >= 15 is 0 Å². The second-order valence-electron chi connectivity index (χ2n) is 5.16. The topological polar surface area (TPSA) is 84.2 Å². The molecule has 6 nitrogen and oxygen atoms in total. The van der Waals surface area contributed by atoms with Crippen molar-refractivity contribution in [3.05, 3.63) is 47.8 Å². The SMILES string of the molecule is O=S(=O)(NC1Cc2ccccc2C1)c1cnn(CCO)c1. The molecule has 0 saturated heterocycles. The number of aliphatic hydroxyl groups is 1. The van der Waals surface area contributed by atoms with E-state index in [1.807, 2.05) is 24.3 Å². The van der Waals surface area contributed by atoms with Crippen molar-refractivity contribution in [1.82, 2.24) is 14.5 Å². The number of fused-ring (bicyclic) bond motifs is 1. The molecule has 0 amide bonds. The molecule has 0 bridgehead atoms. The summed E-state index contributed by atoms with van der Waals surface area (Å²) in [5.41, 5.74) is 2.39. The molecule has 112 valence electrons. The van der Waals surface area contributed by atoms with Gasteiger partial charge in [-0.3, -0.25) is 4.68 Å². The molecular weight excluding hydrogens is 290 g/mol. The molecule has 0 spiro atoms. The Balaban J connectivity index is 1.72. The van der Waals surface area contributed by atoms with E-state index in [0.29, 0.717) is 12.8 Å². The molecule has 21 heavy (non-hydrogen) atoms. The lowest BCUT2D eigenvalue weighted by atomic mass is 10.1. The van der Waals surface area contributed by atoms with E-state index in [0.717, 1.165) is 0 Å². The monoisotopic (exact) mass is 307 g/mol. The minimum Gasteiger partial charge on any atom is -0.394 e. The van der Waals surface area contributed by atoms with Crippen LogP contribution in [-0.4, -0.2) is 36.0 Å². The van der Waals surface area contributed by atoms with Crippen molar-refractivity contribution in [2.75, 3.05) is 6.61 Å². The number of aromatic nitrogens is 2. The Morgan fingerprint density at radius 2 is 1.95 bits per heavy atom. The molecule has 7 heteroatoms. The van der Waals surface area contributed by atoms with Crippen LogP contribution in [0, 0.1) is 0 Å². The smallest absolute Gasteiger partial charge is 0.243 e. The van der Waals surface area contributed by atoms with Crippen molar-refractivity contribution >= 4 is 10.0 Å². The van der Waals surface area contributed by atoms with Crippen LogP contribution in [0.2, 0.25) is 0 Å². The summed E-state index contributed by atoms with van der Waals surface area (Å²) in [7, 11) is -3.57. The normalized spacial score (nSPS) is 15.3. The molecule has 1 aliphatic rings.